The Balaban J connectivity index is 3.14. The van der Waals surface area contributed by atoms with Gasteiger partial charge in [0.05, 0.1) is 17.7 Å². The summed E-state index contributed by atoms with van der Waals surface area (Å²) in [5, 5.41) is 0.226. The van der Waals surface area contributed by atoms with E-state index < -0.39 is 5.97 Å². The van der Waals surface area contributed by atoms with Gasteiger partial charge in [0.25, 0.3) is 0 Å². The number of methoxy groups -OCH3 is 1. The van der Waals surface area contributed by atoms with Crippen molar-refractivity contribution in [3.63, 3.8) is 0 Å². The van der Waals surface area contributed by atoms with Crippen molar-refractivity contribution in [1.29, 1.82) is 0 Å². The van der Waals surface area contributed by atoms with Crippen LogP contribution in [-0.2, 0) is 4.74 Å². The number of Topliss-reactive ketones (excluding diaryl/α,β-unsaturated/α-hetero) is 1. The van der Waals surface area contributed by atoms with Gasteiger partial charge in [-0.3, -0.25) is 4.79 Å². The molecule has 1 aromatic carbocycles. The number of ketones is 1. The Labute approximate surface area is 86.6 Å². The molecule has 0 saturated heterocycles. The highest BCUT2D eigenvalue weighted by atomic mass is 35.5. The highest BCUT2D eigenvalue weighted by molar-refractivity contribution is 6.34. The summed E-state index contributed by atoms with van der Waals surface area (Å²) in [6.07, 6.45) is 0. The maximum absolute atomic E-state index is 11.1. The van der Waals surface area contributed by atoms with Crippen molar-refractivity contribution in [3.05, 3.63) is 34.3 Å². The van der Waals surface area contributed by atoms with E-state index in [1.54, 1.807) is 6.07 Å². The highest BCUT2D eigenvalue weighted by Crippen LogP contribution is 2.18. The highest BCUT2D eigenvalue weighted by Gasteiger charge is 2.11. The van der Waals surface area contributed by atoms with Gasteiger partial charge >= 0.3 is 5.97 Å². The van der Waals surface area contributed by atoms with Crippen molar-refractivity contribution in [2.24, 2.45) is 0 Å². The number of benzene rings is 1. The Morgan fingerprint density at radius 2 is 2.00 bits per heavy atom. The summed E-state index contributed by atoms with van der Waals surface area (Å²) in [6.45, 7) is 1.43. The first-order chi connectivity index (χ1) is 6.56. The predicted octanol–water partition coefficient (Wildman–Crippen LogP) is 2.33. The summed E-state index contributed by atoms with van der Waals surface area (Å²) in [5.41, 5.74) is 0.738. The van der Waals surface area contributed by atoms with Gasteiger partial charge in [0, 0.05) is 5.56 Å². The van der Waals surface area contributed by atoms with Crippen LogP contribution in [0.3, 0.4) is 0 Å². The number of esters is 1. The van der Waals surface area contributed by atoms with Gasteiger partial charge in [-0.25, -0.2) is 4.79 Å². The molecule has 0 unspecified atom stereocenters. The Morgan fingerprint density at radius 1 is 1.36 bits per heavy atom. The summed E-state index contributed by atoms with van der Waals surface area (Å²) in [5.74, 6) is -0.603. The molecule has 0 heterocycles. The Bertz CT molecular complexity index is 385. The van der Waals surface area contributed by atoms with E-state index in [1.807, 2.05) is 0 Å². The van der Waals surface area contributed by atoms with Gasteiger partial charge in [-0.15, -0.1) is 0 Å². The van der Waals surface area contributed by atoms with Gasteiger partial charge in [-0.1, -0.05) is 17.7 Å². The third kappa shape index (κ3) is 2.12. The minimum absolute atomic E-state index is 0.0942. The van der Waals surface area contributed by atoms with Crippen molar-refractivity contribution in [2.45, 2.75) is 6.92 Å². The number of carbonyl (C=O) groups excluding carboxylic acids is 2. The van der Waals surface area contributed by atoms with Gasteiger partial charge in [0.2, 0.25) is 0 Å². The first-order valence-electron chi connectivity index (χ1n) is 3.95. The van der Waals surface area contributed by atoms with Gasteiger partial charge in [-0.2, -0.15) is 0 Å². The first-order valence-corrected chi connectivity index (χ1v) is 4.33. The molecule has 0 spiro atoms. The number of rotatable bonds is 2. The number of hydrogen-bond acceptors (Lipinski definition) is 3. The van der Waals surface area contributed by atoms with E-state index in [1.165, 1.54) is 26.2 Å². The fourth-order valence-corrected chi connectivity index (χ4v) is 1.27. The molecule has 0 aliphatic carbocycles. The summed E-state index contributed by atoms with van der Waals surface area (Å²) >= 11 is 5.79. The van der Waals surface area contributed by atoms with Crippen molar-refractivity contribution < 1.29 is 14.3 Å². The summed E-state index contributed by atoms with van der Waals surface area (Å²) in [6, 6.07) is 4.47. The fraction of sp³-hybridized carbons (Fsp3) is 0.200. The molecule has 0 aliphatic heterocycles. The zero-order chi connectivity index (χ0) is 10.7. The fourth-order valence-electron chi connectivity index (χ4n) is 1.01. The molecule has 0 N–H and O–H groups in total. The lowest BCUT2D eigenvalue weighted by molar-refractivity contribution is 0.0600. The minimum atomic E-state index is -0.509. The molecule has 14 heavy (non-hydrogen) atoms. The van der Waals surface area contributed by atoms with E-state index in [2.05, 4.69) is 4.74 Å². The van der Waals surface area contributed by atoms with Crippen LogP contribution in [0.1, 0.15) is 27.6 Å². The van der Waals surface area contributed by atoms with Crippen LogP contribution < -0.4 is 0 Å². The lowest BCUT2D eigenvalue weighted by atomic mass is 10.1. The van der Waals surface area contributed by atoms with Crippen LogP contribution in [-0.4, -0.2) is 18.9 Å². The van der Waals surface area contributed by atoms with Crippen LogP contribution in [0.15, 0.2) is 18.2 Å². The molecule has 0 radical (unpaired) electrons. The summed E-state index contributed by atoms with van der Waals surface area (Å²) in [4.78, 5) is 22.1. The van der Waals surface area contributed by atoms with Crippen LogP contribution >= 0.6 is 11.6 Å². The van der Waals surface area contributed by atoms with Gasteiger partial charge < -0.3 is 4.74 Å². The Morgan fingerprint density at radius 3 is 2.43 bits per heavy atom. The largest absolute Gasteiger partial charge is 0.465 e. The molecule has 1 rings (SSSR count). The molecular weight excluding hydrogens is 204 g/mol. The number of hydrogen-bond donors (Lipinski definition) is 0. The van der Waals surface area contributed by atoms with E-state index in [0.29, 0.717) is 5.56 Å². The van der Waals surface area contributed by atoms with Crippen molar-refractivity contribution in [1.82, 2.24) is 0 Å². The van der Waals surface area contributed by atoms with Crippen LogP contribution in [0.4, 0.5) is 0 Å². The summed E-state index contributed by atoms with van der Waals surface area (Å²) in [7, 11) is 1.28. The zero-order valence-electron chi connectivity index (χ0n) is 7.83. The van der Waals surface area contributed by atoms with Crippen LogP contribution in [0, 0.1) is 0 Å². The third-order valence-electron chi connectivity index (χ3n) is 1.78. The predicted molar refractivity (Wildman–Crippen MR) is 52.8 cm³/mol. The molecule has 0 atom stereocenters. The van der Waals surface area contributed by atoms with Crippen LogP contribution in [0.25, 0.3) is 0 Å². The van der Waals surface area contributed by atoms with Crippen molar-refractivity contribution in [3.8, 4) is 0 Å². The normalized spacial score (nSPS) is 9.64. The number of ether oxygens (including phenoxy) is 1. The third-order valence-corrected chi connectivity index (χ3v) is 2.09. The van der Waals surface area contributed by atoms with Gasteiger partial charge in [-0.05, 0) is 19.1 Å². The van der Waals surface area contributed by atoms with Crippen LogP contribution in [0.2, 0.25) is 5.02 Å². The van der Waals surface area contributed by atoms with E-state index in [9.17, 15) is 9.59 Å². The average molecular weight is 213 g/mol. The van der Waals surface area contributed by atoms with Crippen molar-refractivity contribution >= 4 is 23.4 Å². The zero-order valence-corrected chi connectivity index (χ0v) is 8.59. The number of halogens is 1. The average Bonchev–Trinajstić information content (AvgIpc) is 2.16. The molecule has 0 saturated carbocycles. The second-order valence-electron chi connectivity index (χ2n) is 2.74. The standard InChI is InChI=1S/C10H9ClO3/c1-6(12)7-3-4-8(9(11)5-7)10(13)14-2/h3-5H,1-2H3. The smallest absolute Gasteiger partial charge is 0.339 e. The van der Waals surface area contributed by atoms with Gasteiger partial charge in [0.1, 0.15) is 0 Å². The molecule has 74 valence electrons. The first kappa shape index (κ1) is 10.7. The number of carbonyl (C=O) groups is 2. The van der Waals surface area contributed by atoms with Crippen LogP contribution in [0.5, 0.6) is 0 Å². The minimum Gasteiger partial charge on any atom is -0.465 e. The molecule has 0 amide bonds. The Kier molecular flexibility index (Phi) is 3.25. The second-order valence-corrected chi connectivity index (χ2v) is 3.15. The lowest BCUT2D eigenvalue weighted by Gasteiger charge is -2.03. The van der Waals surface area contributed by atoms with E-state index in [-0.39, 0.29) is 16.4 Å². The SMILES string of the molecule is COC(=O)c1ccc(C(C)=O)cc1Cl. The molecular formula is C10H9ClO3. The maximum atomic E-state index is 11.1. The Hall–Kier alpha value is -1.35. The topological polar surface area (TPSA) is 43.4 Å². The van der Waals surface area contributed by atoms with E-state index in [0.717, 1.165) is 0 Å². The van der Waals surface area contributed by atoms with Crippen molar-refractivity contribution in [2.75, 3.05) is 7.11 Å². The van der Waals surface area contributed by atoms with E-state index >= 15 is 0 Å². The molecule has 4 heteroatoms. The molecule has 0 aliphatic rings. The maximum Gasteiger partial charge on any atom is 0.339 e. The molecule has 0 fully saturated rings. The molecule has 1 aromatic rings. The van der Waals surface area contributed by atoms with E-state index in [4.69, 9.17) is 11.6 Å². The quantitative estimate of drug-likeness (QED) is 0.558. The molecule has 0 aromatic heterocycles. The second kappa shape index (κ2) is 4.24. The summed E-state index contributed by atoms with van der Waals surface area (Å²) < 4.78 is 4.51. The molecule has 3 nitrogen and oxygen atoms in total. The van der Waals surface area contributed by atoms with Gasteiger partial charge in [0.15, 0.2) is 5.78 Å². The molecule has 0 bridgehead atoms. The monoisotopic (exact) mass is 212 g/mol. The lowest BCUT2D eigenvalue weighted by Crippen LogP contribution is -2.03.